The van der Waals surface area contributed by atoms with Crippen LogP contribution >= 0.6 is 0 Å². The van der Waals surface area contributed by atoms with Crippen molar-refractivity contribution in [1.82, 2.24) is 0 Å². The van der Waals surface area contributed by atoms with Crippen LogP contribution in [-0.2, 0) is 16.0 Å². The minimum atomic E-state index is -0.105. The van der Waals surface area contributed by atoms with Gasteiger partial charge in [0.25, 0.3) is 0 Å². The first-order valence-corrected chi connectivity index (χ1v) is 8.04. The Hall–Kier alpha value is -1.71. The monoisotopic (exact) mass is 308 g/mol. The minimum Gasteiger partial charge on any atom is -0.504 e. The van der Waals surface area contributed by atoms with Gasteiger partial charge in [-0.05, 0) is 42.9 Å². The molecule has 0 aliphatic heterocycles. The summed E-state index contributed by atoms with van der Waals surface area (Å²) >= 11 is 0. The number of phenolic OH excluding ortho intramolecular Hbond substituents is 1. The lowest BCUT2D eigenvalue weighted by Gasteiger charge is -2.08. The zero-order valence-electron chi connectivity index (χ0n) is 13.9. The van der Waals surface area contributed by atoms with Crippen molar-refractivity contribution < 1.29 is 19.4 Å². The first-order valence-electron chi connectivity index (χ1n) is 8.04. The van der Waals surface area contributed by atoms with Crippen LogP contribution in [0.25, 0.3) is 0 Å². The Balaban J connectivity index is 2.15. The number of esters is 1. The van der Waals surface area contributed by atoms with Crippen molar-refractivity contribution in [3.63, 3.8) is 0 Å². The van der Waals surface area contributed by atoms with Gasteiger partial charge in [0, 0.05) is 6.42 Å². The molecule has 124 valence electrons. The van der Waals surface area contributed by atoms with Crippen LogP contribution in [0, 0.1) is 5.92 Å². The van der Waals surface area contributed by atoms with Gasteiger partial charge in [0.1, 0.15) is 0 Å². The molecular formula is C18H28O4. The number of benzene rings is 1. The summed E-state index contributed by atoms with van der Waals surface area (Å²) in [4.78, 5) is 11.6. The Morgan fingerprint density at radius 3 is 2.68 bits per heavy atom. The number of rotatable bonds is 10. The van der Waals surface area contributed by atoms with Gasteiger partial charge < -0.3 is 14.6 Å². The highest BCUT2D eigenvalue weighted by molar-refractivity contribution is 5.69. The van der Waals surface area contributed by atoms with E-state index in [0.29, 0.717) is 24.7 Å². The number of aromatic hydroxyl groups is 1. The molecule has 0 aromatic heterocycles. The maximum atomic E-state index is 11.6. The predicted octanol–water partition coefficient (Wildman–Crippen LogP) is 4.09. The first kappa shape index (κ1) is 18.3. The molecule has 0 unspecified atom stereocenters. The van der Waals surface area contributed by atoms with Gasteiger partial charge in [-0.25, -0.2) is 0 Å². The number of unbranched alkanes of at least 4 members (excludes halogenated alkanes) is 1. The highest BCUT2D eigenvalue weighted by Crippen LogP contribution is 2.26. The van der Waals surface area contributed by atoms with Crippen LogP contribution in [0.2, 0.25) is 0 Å². The number of ether oxygens (including phenoxy) is 2. The van der Waals surface area contributed by atoms with Gasteiger partial charge in [0.2, 0.25) is 0 Å². The molecule has 22 heavy (non-hydrogen) atoms. The number of phenols is 1. The zero-order chi connectivity index (χ0) is 16.4. The van der Waals surface area contributed by atoms with E-state index in [0.717, 1.165) is 37.7 Å². The molecule has 0 saturated carbocycles. The number of carbonyl (C=O) groups is 1. The van der Waals surface area contributed by atoms with Crippen molar-refractivity contribution in [2.75, 3.05) is 13.7 Å². The molecule has 0 spiro atoms. The lowest BCUT2D eigenvalue weighted by Crippen LogP contribution is -2.06. The fourth-order valence-electron chi connectivity index (χ4n) is 2.23. The molecular weight excluding hydrogens is 280 g/mol. The summed E-state index contributed by atoms with van der Waals surface area (Å²) in [5, 5.41) is 9.52. The summed E-state index contributed by atoms with van der Waals surface area (Å²) < 4.78 is 10.3. The van der Waals surface area contributed by atoms with Gasteiger partial charge in [-0.15, -0.1) is 0 Å². The van der Waals surface area contributed by atoms with Crippen molar-refractivity contribution in [1.29, 1.82) is 0 Å². The Kier molecular flexibility index (Phi) is 8.41. The van der Waals surface area contributed by atoms with Crippen molar-refractivity contribution in [3.8, 4) is 11.5 Å². The number of aryl methyl sites for hydroxylation is 1. The van der Waals surface area contributed by atoms with E-state index in [2.05, 4.69) is 13.8 Å². The van der Waals surface area contributed by atoms with Gasteiger partial charge in [0.15, 0.2) is 11.5 Å². The van der Waals surface area contributed by atoms with E-state index >= 15 is 0 Å². The molecule has 1 aromatic rings. The molecule has 0 saturated heterocycles. The topological polar surface area (TPSA) is 55.8 Å². The number of hydrogen-bond donors (Lipinski definition) is 1. The van der Waals surface area contributed by atoms with E-state index in [1.165, 1.54) is 7.11 Å². The summed E-state index contributed by atoms with van der Waals surface area (Å²) in [6.07, 6.45) is 5.23. The largest absolute Gasteiger partial charge is 0.504 e. The molecule has 4 heteroatoms. The Morgan fingerprint density at radius 1 is 1.23 bits per heavy atom. The number of hydrogen-bond acceptors (Lipinski definition) is 4. The molecule has 4 nitrogen and oxygen atoms in total. The summed E-state index contributed by atoms with van der Waals surface area (Å²) in [6, 6.07) is 5.28. The maximum Gasteiger partial charge on any atom is 0.305 e. The molecule has 0 radical (unpaired) electrons. The quantitative estimate of drug-likeness (QED) is 0.522. The van der Waals surface area contributed by atoms with E-state index in [-0.39, 0.29) is 11.7 Å². The lowest BCUT2D eigenvalue weighted by molar-refractivity contribution is -0.143. The molecule has 0 aliphatic rings. The van der Waals surface area contributed by atoms with Crippen LogP contribution in [0.3, 0.4) is 0 Å². The summed E-state index contributed by atoms with van der Waals surface area (Å²) in [5.41, 5.74) is 1.06. The average molecular weight is 308 g/mol. The van der Waals surface area contributed by atoms with Gasteiger partial charge in [-0.2, -0.15) is 0 Å². The molecule has 1 aromatic carbocycles. The zero-order valence-corrected chi connectivity index (χ0v) is 13.9. The minimum absolute atomic E-state index is 0.105. The molecule has 0 heterocycles. The Bertz CT molecular complexity index is 454. The fourth-order valence-corrected chi connectivity index (χ4v) is 2.23. The van der Waals surface area contributed by atoms with Crippen LogP contribution in [0.15, 0.2) is 18.2 Å². The third-order valence-electron chi connectivity index (χ3n) is 3.53. The smallest absolute Gasteiger partial charge is 0.305 e. The van der Waals surface area contributed by atoms with E-state index < -0.39 is 0 Å². The number of carbonyl (C=O) groups excluding carboxylic acids is 1. The number of methoxy groups -OCH3 is 1. The molecule has 0 fully saturated rings. The van der Waals surface area contributed by atoms with Crippen LogP contribution in [0.1, 0.15) is 51.5 Å². The van der Waals surface area contributed by atoms with Gasteiger partial charge in [-0.1, -0.05) is 32.8 Å². The summed E-state index contributed by atoms with van der Waals surface area (Å²) in [7, 11) is 1.53. The van der Waals surface area contributed by atoms with Gasteiger partial charge >= 0.3 is 5.97 Å². The third-order valence-corrected chi connectivity index (χ3v) is 3.53. The second-order valence-corrected chi connectivity index (χ2v) is 5.97. The molecule has 0 bridgehead atoms. The Labute approximate surface area is 133 Å². The molecule has 1 rings (SSSR count). The average Bonchev–Trinajstić information content (AvgIpc) is 2.49. The van der Waals surface area contributed by atoms with Crippen LogP contribution in [-0.4, -0.2) is 24.8 Å². The van der Waals surface area contributed by atoms with Crippen LogP contribution in [0.5, 0.6) is 11.5 Å². The summed E-state index contributed by atoms with van der Waals surface area (Å²) in [5.74, 6) is 1.20. The van der Waals surface area contributed by atoms with Crippen molar-refractivity contribution in [2.24, 2.45) is 5.92 Å². The third kappa shape index (κ3) is 7.34. The van der Waals surface area contributed by atoms with E-state index in [1.54, 1.807) is 6.07 Å². The van der Waals surface area contributed by atoms with Crippen molar-refractivity contribution in [2.45, 2.75) is 52.4 Å². The second-order valence-electron chi connectivity index (χ2n) is 5.97. The second kappa shape index (κ2) is 10.1. The lowest BCUT2D eigenvalue weighted by atomic mass is 10.1. The highest BCUT2D eigenvalue weighted by atomic mass is 16.5. The standard InChI is InChI=1S/C18H28O4/c1-14(2)7-4-5-9-18(20)22-12-6-8-15-10-11-16(19)17(13-15)21-3/h10-11,13-14,19H,4-9,12H2,1-3H3. The fraction of sp³-hybridized carbons (Fsp3) is 0.611. The van der Waals surface area contributed by atoms with E-state index in [1.807, 2.05) is 12.1 Å². The van der Waals surface area contributed by atoms with Crippen molar-refractivity contribution >= 4 is 5.97 Å². The van der Waals surface area contributed by atoms with E-state index in [4.69, 9.17) is 9.47 Å². The maximum absolute atomic E-state index is 11.6. The van der Waals surface area contributed by atoms with Crippen LogP contribution in [0.4, 0.5) is 0 Å². The highest BCUT2D eigenvalue weighted by Gasteiger charge is 2.05. The molecule has 0 amide bonds. The molecule has 0 aliphatic carbocycles. The SMILES string of the molecule is COc1cc(CCCOC(=O)CCCCC(C)C)ccc1O. The van der Waals surface area contributed by atoms with Crippen LogP contribution < -0.4 is 4.74 Å². The summed E-state index contributed by atoms with van der Waals surface area (Å²) in [6.45, 7) is 4.82. The van der Waals surface area contributed by atoms with Gasteiger partial charge in [0.05, 0.1) is 13.7 Å². The van der Waals surface area contributed by atoms with Crippen molar-refractivity contribution in [3.05, 3.63) is 23.8 Å². The van der Waals surface area contributed by atoms with E-state index in [9.17, 15) is 9.90 Å². The molecule has 1 N–H and O–H groups in total. The predicted molar refractivity (Wildman–Crippen MR) is 87.2 cm³/mol. The first-order chi connectivity index (χ1) is 10.5. The van der Waals surface area contributed by atoms with Gasteiger partial charge in [-0.3, -0.25) is 4.79 Å². The molecule has 0 atom stereocenters. The Morgan fingerprint density at radius 2 is 2.00 bits per heavy atom. The normalized spacial score (nSPS) is 10.7.